The number of benzene rings is 1. The van der Waals surface area contributed by atoms with Crippen LogP contribution in [0.4, 0.5) is 0 Å². The number of aromatic nitrogens is 2. The van der Waals surface area contributed by atoms with Crippen molar-refractivity contribution in [1.82, 2.24) is 4.57 Å². The van der Waals surface area contributed by atoms with Crippen LogP contribution in [0.5, 0.6) is 6.01 Å². The third kappa shape index (κ3) is 7.80. The molecule has 0 bridgehead atoms. The molecule has 0 amide bonds. The summed E-state index contributed by atoms with van der Waals surface area (Å²) in [5, 5.41) is 0.722. The zero-order valence-electron chi connectivity index (χ0n) is 16.2. The molecule has 8 heteroatoms. The first-order chi connectivity index (χ1) is 13.4. The molecule has 1 aromatic carbocycles. The molecule has 0 aliphatic heterocycles. The summed E-state index contributed by atoms with van der Waals surface area (Å²) in [5.74, 6) is 0. The first-order valence-electron chi connectivity index (χ1n) is 9.63. The lowest BCUT2D eigenvalue weighted by atomic mass is 10.1. The maximum Gasteiger partial charge on any atom is 0.529 e. The van der Waals surface area contributed by atoms with Gasteiger partial charge in [0, 0.05) is 5.02 Å². The van der Waals surface area contributed by atoms with Crippen molar-refractivity contribution in [2.24, 2.45) is 0 Å². The van der Waals surface area contributed by atoms with E-state index in [1.807, 2.05) is 36.4 Å². The van der Waals surface area contributed by atoms with E-state index >= 15 is 0 Å². The summed E-state index contributed by atoms with van der Waals surface area (Å²) >= 11 is 6.15. The summed E-state index contributed by atoms with van der Waals surface area (Å²) in [5.41, 5.74) is 1.03. The molecule has 28 heavy (non-hydrogen) atoms. The molecule has 0 aliphatic carbocycles. The standard InChI is InChI=1S/C20H28ClN2O4P/c1-2-3-4-5-9-14-22-16-17-23(20(22)27-28(24,25)26)15-10-8-12-18-11-6-7-13-19(18)21/h6-8,10-11,13,16-17H,2-5,9,12,14-15H2,1H3,(H-,24,25,26)/p+1. The van der Waals surface area contributed by atoms with Crippen molar-refractivity contribution in [2.75, 3.05) is 0 Å². The molecule has 2 rings (SSSR count). The minimum atomic E-state index is -4.63. The van der Waals surface area contributed by atoms with Gasteiger partial charge in [-0.3, -0.25) is 9.79 Å². The number of nitrogens with zero attached hydrogens (tertiary/aromatic N) is 2. The van der Waals surface area contributed by atoms with Crippen molar-refractivity contribution < 1.29 is 23.4 Å². The second-order valence-electron chi connectivity index (χ2n) is 6.69. The van der Waals surface area contributed by atoms with Crippen LogP contribution in [0, 0.1) is 0 Å². The SMILES string of the molecule is CCCCCCCn1cc[n+](CC=CCc2ccccc2Cl)c1OP(=O)(O)O. The molecule has 2 N–H and O–H groups in total. The average Bonchev–Trinajstić information content (AvgIpc) is 3.00. The van der Waals surface area contributed by atoms with Crippen LogP contribution in [-0.2, 0) is 24.1 Å². The molecule has 1 aromatic heterocycles. The van der Waals surface area contributed by atoms with Gasteiger partial charge in [-0.15, -0.1) is 0 Å². The number of hydrogen-bond acceptors (Lipinski definition) is 2. The van der Waals surface area contributed by atoms with Gasteiger partial charge in [0.1, 0.15) is 18.9 Å². The summed E-state index contributed by atoms with van der Waals surface area (Å²) in [7, 11) is -4.63. The molecular formula is C20H29ClN2O4P+. The Balaban J connectivity index is 2.00. The van der Waals surface area contributed by atoms with Crippen molar-refractivity contribution in [3.8, 4) is 6.01 Å². The number of hydrogen-bond donors (Lipinski definition) is 2. The van der Waals surface area contributed by atoms with Gasteiger partial charge in [0.05, 0.1) is 6.54 Å². The van der Waals surface area contributed by atoms with E-state index in [1.54, 1.807) is 21.5 Å². The van der Waals surface area contributed by atoms with E-state index in [0.717, 1.165) is 29.8 Å². The average molecular weight is 428 g/mol. The molecule has 0 fully saturated rings. The smallest absolute Gasteiger partial charge is 0.334 e. The third-order valence-corrected chi connectivity index (χ3v) is 5.16. The molecule has 1 heterocycles. The van der Waals surface area contributed by atoms with Gasteiger partial charge in [0.2, 0.25) is 0 Å². The first kappa shape index (κ1) is 22.7. The first-order valence-corrected chi connectivity index (χ1v) is 11.5. The number of rotatable bonds is 12. The predicted octanol–water partition coefficient (Wildman–Crippen LogP) is 4.67. The van der Waals surface area contributed by atoms with Gasteiger partial charge in [-0.2, -0.15) is 9.13 Å². The van der Waals surface area contributed by atoms with E-state index in [9.17, 15) is 14.4 Å². The second kappa shape index (κ2) is 11.4. The number of phosphoric ester groups is 1. The van der Waals surface area contributed by atoms with Gasteiger partial charge in [-0.1, -0.05) is 62.1 Å². The Hall–Kier alpha value is -1.59. The van der Waals surface area contributed by atoms with E-state index in [1.165, 1.54) is 12.8 Å². The summed E-state index contributed by atoms with van der Waals surface area (Å²) in [6.07, 6.45) is 13.7. The lowest BCUT2D eigenvalue weighted by Gasteiger charge is -2.06. The highest BCUT2D eigenvalue weighted by atomic mass is 35.5. The van der Waals surface area contributed by atoms with Crippen LogP contribution in [0.2, 0.25) is 5.02 Å². The molecule has 0 saturated carbocycles. The van der Waals surface area contributed by atoms with E-state index < -0.39 is 7.82 Å². The van der Waals surface area contributed by atoms with E-state index in [0.29, 0.717) is 19.5 Å². The second-order valence-corrected chi connectivity index (χ2v) is 8.26. The number of aryl methyl sites for hydroxylation is 1. The van der Waals surface area contributed by atoms with Crippen molar-refractivity contribution >= 4 is 19.4 Å². The zero-order chi connectivity index (χ0) is 20.4. The predicted molar refractivity (Wildman–Crippen MR) is 110 cm³/mol. The monoisotopic (exact) mass is 427 g/mol. The molecule has 0 aliphatic rings. The van der Waals surface area contributed by atoms with Crippen LogP contribution in [0.15, 0.2) is 48.8 Å². The van der Waals surface area contributed by atoms with Gasteiger partial charge >= 0.3 is 13.8 Å². The van der Waals surface area contributed by atoms with Crippen LogP contribution < -0.4 is 9.09 Å². The molecule has 0 atom stereocenters. The maximum absolute atomic E-state index is 11.4. The fraction of sp³-hybridized carbons (Fsp3) is 0.450. The molecule has 0 saturated heterocycles. The summed E-state index contributed by atoms with van der Waals surface area (Å²) in [4.78, 5) is 18.5. The third-order valence-electron chi connectivity index (χ3n) is 4.39. The Kier molecular flexibility index (Phi) is 9.26. The van der Waals surface area contributed by atoms with Gasteiger partial charge in [0.25, 0.3) is 0 Å². The number of halogens is 1. The van der Waals surface area contributed by atoms with Crippen LogP contribution in [0.1, 0.15) is 44.6 Å². The summed E-state index contributed by atoms with van der Waals surface area (Å²) in [6, 6.07) is 7.83. The van der Waals surface area contributed by atoms with Crippen LogP contribution in [0.3, 0.4) is 0 Å². The Morgan fingerprint density at radius 3 is 2.64 bits per heavy atom. The quantitative estimate of drug-likeness (QED) is 0.223. The minimum Gasteiger partial charge on any atom is -0.334 e. The van der Waals surface area contributed by atoms with Crippen molar-refractivity contribution in [2.45, 2.75) is 58.5 Å². The summed E-state index contributed by atoms with van der Waals surface area (Å²) < 4.78 is 19.8. The van der Waals surface area contributed by atoms with Gasteiger partial charge < -0.3 is 4.52 Å². The highest BCUT2D eigenvalue weighted by molar-refractivity contribution is 7.46. The Bertz CT molecular complexity index is 816. The fourth-order valence-electron chi connectivity index (χ4n) is 2.92. The lowest BCUT2D eigenvalue weighted by Crippen LogP contribution is -2.33. The number of allylic oxidation sites excluding steroid dienone is 2. The number of unbranched alkanes of at least 4 members (excludes halogenated alkanes) is 4. The Morgan fingerprint density at radius 1 is 1.18 bits per heavy atom. The molecule has 0 unspecified atom stereocenters. The van der Waals surface area contributed by atoms with Gasteiger partial charge in [-0.25, -0.2) is 4.57 Å². The topological polar surface area (TPSA) is 75.6 Å². The molecule has 2 aromatic rings. The molecule has 0 radical (unpaired) electrons. The highest BCUT2D eigenvalue weighted by Gasteiger charge is 2.27. The largest absolute Gasteiger partial charge is 0.529 e. The van der Waals surface area contributed by atoms with Crippen molar-refractivity contribution in [1.29, 1.82) is 0 Å². The van der Waals surface area contributed by atoms with Crippen molar-refractivity contribution in [3.63, 3.8) is 0 Å². The van der Waals surface area contributed by atoms with E-state index in [2.05, 4.69) is 6.92 Å². The molecule has 6 nitrogen and oxygen atoms in total. The van der Waals surface area contributed by atoms with Crippen LogP contribution >= 0.6 is 19.4 Å². The highest BCUT2D eigenvalue weighted by Crippen LogP contribution is 2.36. The Morgan fingerprint density at radius 2 is 1.93 bits per heavy atom. The van der Waals surface area contributed by atoms with Gasteiger partial charge in [0.15, 0.2) is 0 Å². The van der Waals surface area contributed by atoms with E-state index in [4.69, 9.17) is 16.1 Å². The maximum atomic E-state index is 11.4. The molecular weight excluding hydrogens is 399 g/mol. The van der Waals surface area contributed by atoms with E-state index in [-0.39, 0.29) is 6.01 Å². The number of phosphoric acid groups is 1. The Labute approximate surface area is 171 Å². The molecule has 0 spiro atoms. The fourth-order valence-corrected chi connectivity index (χ4v) is 3.56. The van der Waals surface area contributed by atoms with Crippen LogP contribution in [0.25, 0.3) is 0 Å². The minimum absolute atomic E-state index is 0.172. The molecule has 154 valence electrons. The normalized spacial score (nSPS) is 12.0. The lowest BCUT2D eigenvalue weighted by molar-refractivity contribution is -0.689. The van der Waals surface area contributed by atoms with Crippen LogP contribution in [-0.4, -0.2) is 14.4 Å². The van der Waals surface area contributed by atoms with Gasteiger partial charge in [-0.05, 0) is 37.0 Å². The summed E-state index contributed by atoms with van der Waals surface area (Å²) in [6.45, 7) is 3.28. The van der Waals surface area contributed by atoms with Crippen molar-refractivity contribution in [3.05, 3.63) is 59.4 Å². The number of imidazole rings is 1. The zero-order valence-corrected chi connectivity index (χ0v) is 17.9.